The molecule has 1 heterocycles. The van der Waals surface area contributed by atoms with E-state index in [9.17, 15) is 4.79 Å². The van der Waals surface area contributed by atoms with Gasteiger partial charge < -0.3 is 15.1 Å². The second-order valence-electron chi connectivity index (χ2n) is 6.73. The zero-order valence-corrected chi connectivity index (χ0v) is 16.4. The lowest BCUT2D eigenvalue weighted by Crippen LogP contribution is -2.23. The van der Waals surface area contributed by atoms with E-state index >= 15 is 0 Å². The van der Waals surface area contributed by atoms with E-state index in [1.807, 2.05) is 49.2 Å². The minimum atomic E-state index is -0.111. The van der Waals surface area contributed by atoms with Gasteiger partial charge in [0.2, 0.25) is 0 Å². The molecule has 1 N–H and O–H groups in total. The van der Waals surface area contributed by atoms with Crippen molar-refractivity contribution in [2.45, 2.75) is 33.2 Å². The van der Waals surface area contributed by atoms with Gasteiger partial charge in [0.15, 0.2) is 0 Å². The monoisotopic (exact) mass is 357 g/mol. The molecule has 0 saturated carbocycles. The Kier molecular flexibility index (Phi) is 7.66. The molecule has 0 atom stereocenters. The van der Waals surface area contributed by atoms with Crippen LogP contribution in [-0.2, 0) is 6.54 Å². The average molecular weight is 358 g/mol. The molecule has 142 valence electrons. The van der Waals surface area contributed by atoms with E-state index in [2.05, 4.69) is 34.1 Å². The van der Waals surface area contributed by atoms with E-state index in [1.54, 1.807) is 6.20 Å². The van der Waals surface area contributed by atoms with Crippen LogP contribution in [0.5, 0.6) is 0 Å². The molecule has 6 heteroatoms. The van der Waals surface area contributed by atoms with Gasteiger partial charge in [-0.05, 0) is 51.7 Å². The molecule has 2 rings (SSSR count). The third-order valence-corrected chi connectivity index (χ3v) is 4.33. The largest absolute Gasteiger partial charge is 0.372 e. The summed E-state index contributed by atoms with van der Waals surface area (Å²) in [5, 5.41) is 7.19. The fourth-order valence-electron chi connectivity index (χ4n) is 2.70. The molecular weight excluding hydrogens is 326 g/mol. The summed E-state index contributed by atoms with van der Waals surface area (Å²) in [5.41, 5.74) is 2.53. The maximum atomic E-state index is 12.4. The van der Waals surface area contributed by atoms with E-state index in [0.717, 1.165) is 37.6 Å². The molecule has 6 nitrogen and oxygen atoms in total. The molecule has 1 aromatic heterocycles. The number of anilines is 2. The highest BCUT2D eigenvalue weighted by Crippen LogP contribution is 2.17. The van der Waals surface area contributed by atoms with Gasteiger partial charge in [-0.2, -0.15) is 5.10 Å². The van der Waals surface area contributed by atoms with Gasteiger partial charge in [0.1, 0.15) is 0 Å². The van der Waals surface area contributed by atoms with Crippen LogP contribution in [0.3, 0.4) is 0 Å². The smallest absolute Gasteiger partial charge is 0.255 e. The van der Waals surface area contributed by atoms with E-state index in [0.29, 0.717) is 5.56 Å². The van der Waals surface area contributed by atoms with Gasteiger partial charge in [-0.15, -0.1) is 0 Å². The lowest BCUT2D eigenvalue weighted by atomic mass is 10.1. The summed E-state index contributed by atoms with van der Waals surface area (Å²) < 4.78 is 1.84. The Morgan fingerprint density at radius 1 is 1.15 bits per heavy atom. The molecule has 0 radical (unpaired) electrons. The number of aromatic nitrogens is 2. The van der Waals surface area contributed by atoms with Crippen molar-refractivity contribution < 1.29 is 4.79 Å². The van der Waals surface area contributed by atoms with Gasteiger partial charge in [-0.3, -0.25) is 9.48 Å². The highest BCUT2D eigenvalue weighted by molar-refractivity contribution is 6.04. The van der Waals surface area contributed by atoms with E-state index in [4.69, 9.17) is 0 Å². The van der Waals surface area contributed by atoms with Crippen molar-refractivity contribution in [3.63, 3.8) is 0 Å². The number of carbonyl (C=O) groups is 1. The van der Waals surface area contributed by atoms with Crippen molar-refractivity contribution in [3.8, 4) is 0 Å². The molecule has 0 unspecified atom stereocenters. The van der Waals surface area contributed by atoms with Gasteiger partial charge >= 0.3 is 0 Å². The number of unbranched alkanes of at least 4 members (excludes halogenated alkanes) is 1. The average Bonchev–Trinajstić information content (AvgIpc) is 3.08. The molecule has 0 aliphatic heterocycles. The first-order valence-electron chi connectivity index (χ1n) is 9.37. The molecule has 0 aliphatic rings. The molecule has 0 saturated heterocycles. The van der Waals surface area contributed by atoms with Gasteiger partial charge in [-0.25, -0.2) is 0 Å². The maximum absolute atomic E-state index is 12.4. The molecule has 26 heavy (non-hydrogen) atoms. The number of carbonyl (C=O) groups excluding carboxylic acids is 1. The Balaban J connectivity index is 1.95. The molecule has 1 amide bonds. The minimum Gasteiger partial charge on any atom is -0.372 e. The number of hydrogen-bond acceptors (Lipinski definition) is 4. The first-order valence-corrected chi connectivity index (χ1v) is 9.37. The normalized spacial score (nSPS) is 11.0. The lowest BCUT2D eigenvalue weighted by molar-refractivity contribution is 0.102. The summed E-state index contributed by atoms with van der Waals surface area (Å²) in [4.78, 5) is 16.9. The van der Waals surface area contributed by atoms with E-state index < -0.39 is 0 Å². The Labute approximate surface area is 156 Å². The maximum Gasteiger partial charge on any atom is 0.255 e. The second kappa shape index (κ2) is 9.97. The molecule has 0 aliphatic carbocycles. The van der Waals surface area contributed by atoms with Crippen LogP contribution in [0.25, 0.3) is 0 Å². The number of likely N-dealkylation sites (N-methyl/N-ethyl adjacent to an activating group) is 1. The quantitative estimate of drug-likeness (QED) is 0.709. The Bertz CT molecular complexity index is 678. The topological polar surface area (TPSA) is 53.4 Å². The summed E-state index contributed by atoms with van der Waals surface area (Å²) in [6.07, 6.45) is 5.90. The summed E-state index contributed by atoms with van der Waals surface area (Å²) in [6.45, 7) is 8.07. The van der Waals surface area contributed by atoms with Crippen LogP contribution in [0.2, 0.25) is 0 Å². The molecule has 2 aromatic rings. The SMILES string of the molecule is CCCCN(CC)c1ccc(C(=O)Nc2cnn(CCN(C)C)c2)cc1. The molecular formula is C20H31N5O. The number of benzene rings is 1. The summed E-state index contributed by atoms with van der Waals surface area (Å²) in [5.74, 6) is -0.111. The first kappa shape index (κ1) is 20.0. The molecule has 1 aromatic carbocycles. The van der Waals surface area contributed by atoms with Crippen LogP contribution < -0.4 is 10.2 Å². The van der Waals surface area contributed by atoms with Crippen molar-refractivity contribution in [3.05, 3.63) is 42.2 Å². The van der Waals surface area contributed by atoms with Gasteiger partial charge in [-0.1, -0.05) is 13.3 Å². The molecule has 0 fully saturated rings. The van der Waals surface area contributed by atoms with E-state index in [1.165, 1.54) is 12.8 Å². The number of hydrogen-bond donors (Lipinski definition) is 1. The number of rotatable bonds is 10. The highest BCUT2D eigenvalue weighted by Gasteiger charge is 2.09. The Morgan fingerprint density at radius 3 is 2.50 bits per heavy atom. The number of nitrogens with one attached hydrogen (secondary N) is 1. The van der Waals surface area contributed by atoms with Crippen LogP contribution in [0, 0.1) is 0 Å². The van der Waals surface area contributed by atoms with Gasteiger partial charge in [0, 0.05) is 37.1 Å². The van der Waals surface area contributed by atoms with Crippen molar-refractivity contribution >= 4 is 17.3 Å². The van der Waals surface area contributed by atoms with Crippen LogP contribution in [0.15, 0.2) is 36.7 Å². The van der Waals surface area contributed by atoms with Crippen LogP contribution >= 0.6 is 0 Å². The van der Waals surface area contributed by atoms with Crippen molar-refractivity contribution in [1.29, 1.82) is 0 Å². The third-order valence-electron chi connectivity index (χ3n) is 4.33. The summed E-state index contributed by atoms with van der Waals surface area (Å²) in [6, 6.07) is 7.81. The Hall–Kier alpha value is -2.34. The number of nitrogens with zero attached hydrogens (tertiary/aromatic N) is 4. The standard InChI is InChI=1S/C20H31N5O/c1-5-7-12-24(6-2)19-10-8-17(9-11-19)20(26)22-18-15-21-25(16-18)14-13-23(3)4/h8-11,15-16H,5-7,12-14H2,1-4H3,(H,22,26). The van der Waals surface area contributed by atoms with Gasteiger partial charge in [0.05, 0.1) is 18.4 Å². The fourth-order valence-corrected chi connectivity index (χ4v) is 2.70. The summed E-state index contributed by atoms with van der Waals surface area (Å²) in [7, 11) is 4.05. The lowest BCUT2D eigenvalue weighted by Gasteiger charge is -2.23. The Morgan fingerprint density at radius 2 is 1.88 bits per heavy atom. The first-order chi connectivity index (χ1) is 12.5. The zero-order valence-electron chi connectivity index (χ0n) is 16.4. The minimum absolute atomic E-state index is 0.111. The number of amides is 1. The van der Waals surface area contributed by atoms with Crippen LogP contribution in [0.4, 0.5) is 11.4 Å². The van der Waals surface area contributed by atoms with Crippen LogP contribution in [-0.4, -0.2) is 54.3 Å². The van der Waals surface area contributed by atoms with Crippen molar-refractivity contribution in [1.82, 2.24) is 14.7 Å². The second-order valence-corrected chi connectivity index (χ2v) is 6.73. The fraction of sp³-hybridized carbons (Fsp3) is 0.500. The predicted molar refractivity (Wildman–Crippen MR) is 108 cm³/mol. The third kappa shape index (κ3) is 5.88. The summed E-state index contributed by atoms with van der Waals surface area (Å²) >= 11 is 0. The van der Waals surface area contributed by atoms with Crippen molar-refractivity contribution in [2.24, 2.45) is 0 Å². The van der Waals surface area contributed by atoms with Gasteiger partial charge in [0.25, 0.3) is 5.91 Å². The van der Waals surface area contributed by atoms with E-state index in [-0.39, 0.29) is 5.91 Å². The zero-order chi connectivity index (χ0) is 18.9. The highest BCUT2D eigenvalue weighted by atomic mass is 16.1. The molecule has 0 spiro atoms. The predicted octanol–water partition coefficient (Wildman–Crippen LogP) is 3.32. The van der Waals surface area contributed by atoms with Crippen LogP contribution in [0.1, 0.15) is 37.0 Å². The molecule has 0 bridgehead atoms. The van der Waals surface area contributed by atoms with Crippen molar-refractivity contribution in [2.75, 3.05) is 43.9 Å².